The Bertz CT molecular complexity index is 1520. The topological polar surface area (TPSA) is 70.5 Å². The van der Waals surface area contributed by atoms with Crippen molar-refractivity contribution in [2.24, 2.45) is 0 Å². The van der Waals surface area contributed by atoms with Crippen LogP contribution in [-0.2, 0) is 9.59 Å². The number of aryl methyl sites for hydroxylation is 3. The average Bonchev–Trinajstić information content (AvgIpc) is 3.37. The van der Waals surface area contributed by atoms with E-state index >= 15 is 0 Å². The van der Waals surface area contributed by atoms with Crippen LogP contribution in [0.5, 0.6) is 0 Å². The average molecular weight is 481 g/mol. The number of nitrogens with zero attached hydrogens (tertiary/aromatic N) is 2. The van der Waals surface area contributed by atoms with Crippen molar-refractivity contribution in [3.63, 3.8) is 0 Å². The largest absolute Gasteiger partial charge is 0.503 e. The SMILES string of the molecule is Cc1ccc(C2C(C(=O)/C=C/c3ccccc3)=C(O)C(=O)N2c2nc3c(C)cc(C)cc3s2)cc1. The number of benzene rings is 3. The highest BCUT2D eigenvalue weighted by Gasteiger charge is 2.45. The van der Waals surface area contributed by atoms with E-state index in [0.717, 1.165) is 38.0 Å². The zero-order valence-corrected chi connectivity index (χ0v) is 20.5. The summed E-state index contributed by atoms with van der Waals surface area (Å²) in [6.07, 6.45) is 3.09. The Hall–Kier alpha value is -4.03. The molecule has 0 radical (unpaired) electrons. The van der Waals surface area contributed by atoms with Crippen LogP contribution in [0.4, 0.5) is 5.13 Å². The molecule has 6 heteroatoms. The lowest BCUT2D eigenvalue weighted by molar-refractivity contribution is -0.117. The number of carbonyl (C=O) groups excluding carboxylic acids is 2. The molecule has 1 aliphatic heterocycles. The third kappa shape index (κ3) is 4.17. The summed E-state index contributed by atoms with van der Waals surface area (Å²) >= 11 is 1.38. The summed E-state index contributed by atoms with van der Waals surface area (Å²) < 4.78 is 0.955. The smallest absolute Gasteiger partial charge is 0.296 e. The van der Waals surface area contributed by atoms with Gasteiger partial charge in [0.1, 0.15) is 0 Å². The second kappa shape index (κ2) is 8.96. The van der Waals surface area contributed by atoms with E-state index in [-0.39, 0.29) is 5.57 Å². The van der Waals surface area contributed by atoms with Crippen molar-refractivity contribution in [3.8, 4) is 0 Å². The molecular weight excluding hydrogens is 456 g/mol. The number of hydrogen-bond acceptors (Lipinski definition) is 5. The molecule has 5 nitrogen and oxygen atoms in total. The van der Waals surface area contributed by atoms with Crippen molar-refractivity contribution in [2.45, 2.75) is 26.8 Å². The van der Waals surface area contributed by atoms with Crippen LogP contribution < -0.4 is 4.90 Å². The Morgan fingerprint density at radius 3 is 2.43 bits per heavy atom. The highest BCUT2D eigenvalue weighted by molar-refractivity contribution is 7.22. The van der Waals surface area contributed by atoms with Gasteiger partial charge in [0.2, 0.25) is 0 Å². The first-order valence-corrected chi connectivity index (χ1v) is 12.1. The number of rotatable bonds is 5. The van der Waals surface area contributed by atoms with Gasteiger partial charge in [-0.25, -0.2) is 4.98 Å². The van der Waals surface area contributed by atoms with Crippen molar-refractivity contribution in [2.75, 3.05) is 4.90 Å². The van der Waals surface area contributed by atoms with E-state index in [1.165, 1.54) is 22.3 Å². The molecule has 0 saturated carbocycles. The molecule has 174 valence electrons. The zero-order chi connectivity index (χ0) is 24.7. The van der Waals surface area contributed by atoms with Gasteiger partial charge in [-0.3, -0.25) is 14.5 Å². The van der Waals surface area contributed by atoms with Gasteiger partial charge in [0.05, 0.1) is 21.8 Å². The van der Waals surface area contributed by atoms with Crippen LogP contribution in [0.15, 0.2) is 84.1 Å². The lowest BCUT2D eigenvalue weighted by Gasteiger charge is -2.24. The zero-order valence-electron chi connectivity index (χ0n) is 19.6. The van der Waals surface area contributed by atoms with Gasteiger partial charge >= 0.3 is 0 Å². The molecule has 2 heterocycles. The van der Waals surface area contributed by atoms with Gasteiger partial charge in [0.25, 0.3) is 5.91 Å². The first-order valence-electron chi connectivity index (χ1n) is 11.3. The molecule has 35 heavy (non-hydrogen) atoms. The first kappa shape index (κ1) is 22.7. The predicted molar refractivity (Wildman–Crippen MR) is 141 cm³/mol. The molecule has 3 aromatic carbocycles. The number of anilines is 1. The molecule has 0 bridgehead atoms. The number of aliphatic hydroxyl groups is 1. The van der Waals surface area contributed by atoms with E-state index in [0.29, 0.717) is 5.13 Å². The van der Waals surface area contributed by atoms with E-state index < -0.39 is 23.5 Å². The minimum atomic E-state index is -0.780. The summed E-state index contributed by atoms with van der Waals surface area (Å²) in [7, 11) is 0. The van der Waals surface area contributed by atoms with Crippen LogP contribution in [0.3, 0.4) is 0 Å². The molecule has 1 aromatic heterocycles. The lowest BCUT2D eigenvalue weighted by Crippen LogP contribution is -2.30. The quantitative estimate of drug-likeness (QED) is 0.335. The molecule has 0 spiro atoms. The number of fused-ring (bicyclic) bond motifs is 1. The second-order valence-corrected chi connectivity index (χ2v) is 9.79. The molecule has 1 aliphatic rings. The van der Waals surface area contributed by atoms with Crippen LogP contribution in [0, 0.1) is 20.8 Å². The van der Waals surface area contributed by atoms with Crippen LogP contribution in [0.2, 0.25) is 0 Å². The number of thiazole rings is 1. The molecule has 1 atom stereocenters. The standard InChI is InChI=1S/C29H24N2O3S/c1-17-9-12-21(13-10-17)26-24(22(32)14-11-20-7-5-4-6-8-20)27(33)28(34)31(26)29-30-25-19(3)15-18(2)16-23(25)35-29/h4-16,26,33H,1-3H3/b14-11+. The van der Waals surface area contributed by atoms with E-state index in [1.807, 2.05) is 87.5 Å². The number of amides is 1. The Morgan fingerprint density at radius 2 is 1.71 bits per heavy atom. The minimum Gasteiger partial charge on any atom is -0.503 e. The van der Waals surface area contributed by atoms with Crippen LogP contribution in [0.1, 0.15) is 33.9 Å². The predicted octanol–water partition coefficient (Wildman–Crippen LogP) is 6.40. The fraction of sp³-hybridized carbons (Fsp3) is 0.138. The van der Waals surface area contributed by atoms with Crippen LogP contribution >= 0.6 is 11.3 Å². The van der Waals surface area contributed by atoms with E-state index in [1.54, 1.807) is 6.08 Å². The minimum absolute atomic E-state index is 0.0539. The maximum absolute atomic E-state index is 13.4. The summed E-state index contributed by atoms with van der Waals surface area (Å²) in [5.74, 6) is -1.58. The molecule has 1 unspecified atom stereocenters. The van der Waals surface area contributed by atoms with Gasteiger partial charge in [-0.2, -0.15) is 0 Å². The van der Waals surface area contributed by atoms with E-state index in [4.69, 9.17) is 4.98 Å². The van der Waals surface area contributed by atoms with Crippen molar-refractivity contribution in [1.82, 2.24) is 4.98 Å². The van der Waals surface area contributed by atoms with Gasteiger partial charge in [-0.1, -0.05) is 83.6 Å². The van der Waals surface area contributed by atoms with Crippen molar-refractivity contribution >= 4 is 44.5 Å². The van der Waals surface area contributed by atoms with Crippen molar-refractivity contribution in [1.29, 1.82) is 0 Å². The third-order valence-electron chi connectivity index (χ3n) is 6.12. The second-order valence-electron chi connectivity index (χ2n) is 8.78. The Balaban J connectivity index is 1.62. The van der Waals surface area contributed by atoms with Crippen LogP contribution in [-0.4, -0.2) is 21.8 Å². The van der Waals surface area contributed by atoms with Crippen molar-refractivity contribution in [3.05, 3.63) is 112 Å². The normalized spacial score (nSPS) is 16.1. The number of allylic oxidation sites excluding steroid dienone is 1. The van der Waals surface area contributed by atoms with Gasteiger partial charge in [-0.05, 0) is 55.2 Å². The molecule has 1 amide bonds. The molecule has 5 rings (SSSR count). The molecule has 0 saturated heterocycles. The summed E-state index contributed by atoms with van der Waals surface area (Å²) in [5, 5.41) is 11.4. The van der Waals surface area contributed by atoms with Gasteiger partial charge < -0.3 is 5.11 Å². The monoisotopic (exact) mass is 480 g/mol. The molecule has 0 fully saturated rings. The number of hydrogen-bond donors (Lipinski definition) is 1. The highest BCUT2D eigenvalue weighted by atomic mass is 32.1. The molecular formula is C29H24N2O3S. The Morgan fingerprint density at radius 1 is 1.00 bits per heavy atom. The lowest BCUT2D eigenvalue weighted by atomic mass is 9.95. The maximum Gasteiger partial charge on any atom is 0.296 e. The molecule has 0 aliphatic carbocycles. The maximum atomic E-state index is 13.4. The number of aliphatic hydroxyl groups excluding tert-OH is 1. The first-order chi connectivity index (χ1) is 16.8. The number of ketones is 1. The highest BCUT2D eigenvalue weighted by Crippen LogP contribution is 2.44. The Kier molecular flexibility index (Phi) is 5.83. The third-order valence-corrected chi connectivity index (χ3v) is 7.12. The van der Waals surface area contributed by atoms with E-state index in [9.17, 15) is 14.7 Å². The fourth-order valence-corrected chi connectivity index (χ4v) is 5.57. The fourth-order valence-electron chi connectivity index (χ4n) is 4.41. The number of aromatic nitrogens is 1. The molecule has 4 aromatic rings. The summed E-state index contributed by atoms with van der Waals surface area (Å²) in [5.41, 5.74) is 5.63. The summed E-state index contributed by atoms with van der Waals surface area (Å²) in [6, 6.07) is 20.4. The molecule has 1 N–H and O–H groups in total. The number of carbonyl (C=O) groups is 2. The van der Waals surface area contributed by atoms with Crippen LogP contribution in [0.25, 0.3) is 16.3 Å². The summed E-state index contributed by atoms with van der Waals surface area (Å²) in [4.78, 5) is 33.0. The Labute approximate surface area is 207 Å². The van der Waals surface area contributed by atoms with Gasteiger partial charge in [0.15, 0.2) is 16.7 Å². The van der Waals surface area contributed by atoms with E-state index in [2.05, 4.69) is 0 Å². The van der Waals surface area contributed by atoms with Crippen molar-refractivity contribution < 1.29 is 14.7 Å². The summed E-state index contributed by atoms with van der Waals surface area (Å²) in [6.45, 7) is 5.98. The van der Waals surface area contributed by atoms with Gasteiger partial charge in [0, 0.05) is 0 Å². The van der Waals surface area contributed by atoms with Gasteiger partial charge in [-0.15, -0.1) is 0 Å².